The molecule has 1 heterocycles. The van der Waals surface area contributed by atoms with Crippen LogP contribution in [0.4, 0.5) is 0 Å². The van der Waals surface area contributed by atoms with Crippen molar-refractivity contribution in [3.63, 3.8) is 0 Å². The van der Waals surface area contributed by atoms with Gasteiger partial charge >= 0.3 is 5.97 Å². The van der Waals surface area contributed by atoms with Crippen LogP contribution in [0.3, 0.4) is 0 Å². The van der Waals surface area contributed by atoms with Gasteiger partial charge in [-0.05, 0) is 19.3 Å². The Morgan fingerprint density at radius 1 is 1.60 bits per heavy atom. The van der Waals surface area contributed by atoms with Crippen LogP contribution in [-0.4, -0.2) is 41.0 Å². The Morgan fingerprint density at radius 2 is 2.27 bits per heavy atom. The lowest BCUT2D eigenvalue weighted by Crippen LogP contribution is -2.49. The smallest absolute Gasteiger partial charge is 0.308 e. The predicted octanol–water partition coefficient (Wildman–Crippen LogP) is 0.0469. The van der Waals surface area contributed by atoms with E-state index in [1.807, 2.05) is 6.92 Å². The van der Waals surface area contributed by atoms with Gasteiger partial charge in [-0.15, -0.1) is 0 Å². The van der Waals surface area contributed by atoms with E-state index in [0.29, 0.717) is 25.9 Å². The van der Waals surface area contributed by atoms with Crippen molar-refractivity contribution >= 4 is 11.9 Å². The SMILES string of the molecule is CCC(N)C(=O)N1CCCC(C(=O)O)C1. The molecule has 0 bridgehead atoms. The fourth-order valence-corrected chi connectivity index (χ4v) is 1.79. The summed E-state index contributed by atoms with van der Waals surface area (Å²) in [6, 6.07) is -0.488. The molecule has 1 saturated heterocycles. The third-order valence-corrected chi connectivity index (χ3v) is 2.84. The zero-order valence-corrected chi connectivity index (χ0v) is 8.98. The van der Waals surface area contributed by atoms with Gasteiger partial charge < -0.3 is 15.7 Å². The number of likely N-dealkylation sites (tertiary alicyclic amines) is 1. The molecule has 1 aliphatic rings. The van der Waals surface area contributed by atoms with E-state index in [9.17, 15) is 9.59 Å². The minimum absolute atomic E-state index is 0.122. The van der Waals surface area contributed by atoms with Crippen molar-refractivity contribution in [1.82, 2.24) is 4.90 Å². The number of hydrogen-bond acceptors (Lipinski definition) is 3. The molecule has 0 saturated carbocycles. The number of carbonyl (C=O) groups is 2. The second-order valence-electron chi connectivity index (χ2n) is 3.98. The Morgan fingerprint density at radius 3 is 2.80 bits per heavy atom. The van der Waals surface area contributed by atoms with Crippen LogP contribution in [0, 0.1) is 5.92 Å². The molecule has 5 heteroatoms. The van der Waals surface area contributed by atoms with Gasteiger partial charge in [0.1, 0.15) is 0 Å². The number of carbonyl (C=O) groups excluding carboxylic acids is 1. The highest BCUT2D eigenvalue weighted by Gasteiger charge is 2.29. The summed E-state index contributed by atoms with van der Waals surface area (Å²) in [5.74, 6) is -1.37. The Labute approximate surface area is 89.2 Å². The van der Waals surface area contributed by atoms with Gasteiger partial charge in [0, 0.05) is 13.1 Å². The standard InChI is InChI=1S/C10H18N2O3/c1-2-8(11)9(13)12-5-3-4-7(6-12)10(14)15/h7-8H,2-6,11H2,1H3,(H,14,15). The summed E-state index contributed by atoms with van der Waals surface area (Å²) >= 11 is 0. The maximum absolute atomic E-state index is 11.7. The zero-order chi connectivity index (χ0) is 11.4. The van der Waals surface area contributed by atoms with Crippen molar-refractivity contribution in [2.24, 2.45) is 11.7 Å². The molecule has 86 valence electrons. The Kier molecular flexibility index (Phi) is 4.08. The molecule has 2 unspecified atom stereocenters. The Bertz CT molecular complexity index is 255. The second-order valence-corrected chi connectivity index (χ2v) is 3.98. The van der Waals surface area contributed by atoms with Crippen LogP contribution in [-0.2, 0) is 9.59 Å². The largest absolute Gasteiger partial charge is 0.481 e. The number of hydrogen-bond donors (Lipinski definition) is 2. The monoisotopic (exact) mass is 214 g/mol. The van der Waals surface area contributed by atoms with Crippen molar-refractivity contribution in [1.29, 1.82) is 0 Å². The maximum atomic E-state index is 11.7. The van der Waals surface area contributed by atoms with Crippen molar-refractivity contribution in [2.75, 3.05) is 13.1 Å². The van der Waals surface area contributed by atoms with Gasteiger partial charge in [-0.25, -0.2) is 0 Å². The molecule has 0 radical (unpaired) electrons. The lowest BCUT2D eigenvalue weighted by atomic mass is 9.97. The van der Waals surface area contributed by atoms with Crippen LogP contribution >= 0.6 is 0 Å². The molecule has 0 aromatic carbocycles. The number of nitrogens with two attached hydrogens (primary N) is 1. The summed E-state index contributed by atoms with van der Waals surface area (Å²) in [6.45, 7) is 2.79. The number of carboxylic acids is 1. The highest BCUT2D eigenvalue weighted by molar-refractivity contribution is 5.82. The summed E-state index contributed by atoms with van der Waals surface area (Å²) < 4.78 is 0. The van der Waals surface area contributed by atoms with Gasteiger partial charge in [-0.1, -0.05) is 6.92 Å². The number of aliphatic carboxylic acids is 1. The molecule has 5 nitrogen and oxygen atoms in total. The highest BCUT2D eigenvalue weighted by atomic mass is 16.4. The molecule has 0 aromatic heterocycles. The van der Waals surface area contributed by atoms with Crippen LogP contribution < -0.4 is 5.73 Å². The average Bonchev–Trinajstić information content (AvgIpc) is 2.27. The number of amides is 1. The van der Waals surface area contributed by atoms with Crippen LogP contribution in [0.2, 0.25) is 0 Å². The van der Waals surface area contributed by atoms with E-state index in [0.717, 1.165) is 6.42 Å². The molecule has 1 amide bonds. The molecule has 0 aromatic rings. The van der Waals surface area contributed by atoms with Gasteiger partial charge in [0.15, 0.2) is 0 Å². The van der Waals surface area contributed by atoms with Crippen LogP contribution in [0.5, 0.6) is 0 Å². The summed E-state index contributed by atoms with van der Waals surface area (Å²) in [4.78, 5) is 24.1. The zero-order valence-electron chi connectivity index (χ0n) is 8.98. The van der Waals surface area contributed by atoms with E-state index in [1.54, 1.807) is 4.90 Å². The number of nitrogens with zero attached hydrogens (tertiary/aromatic N) is 1. The lowest BCUT2D eigenvalue weighted by Gasteiger charge is -2.32. The van der Waals surface area contributed by atoms with Crippen molar-refractivity contribution in [2.45, 2.75) is 32.2 Å². The second kappa shape index (κ2) is 5.11. The summed E-state index contributed by atoms with van der Waals surface area (Å²) in [7, 11) is 0. The molecule has 15 heavy (non-hydrogen) atoms. The molecule has 3 N–H and O–H groups in total. The van der Waals surface area contributed by atoms with E-state index >= 15 is 0 Å². The Balaban J connectivity index is 2.56. The third kappa shape index (κ3) is 2.92. The topological polar surface area (TPSA) is 83.6 Å². The van der Waals surface area contributed by atoms with Crippen LogP contribution in [0.1, 0.15) is 26.2 Å². The third-order valence-electron chi connectivity index (χ3n) is 2.84. The first kappa shape index (κ1) is 12.0. The molecule has 0 aliphatic carbocycles. The van der Waals surface area contributed by atoms with Gasteiger partial charge in [0.2, 0.25) is 5.91 Å². The van der Waals surface area contributed by atoms with E-state index < -0.39 is 17.9 Å². The predicted molar refractivity (Wildman–Crippen MR) is 55.2 cm³/mol. The van der Waals surface area contributed by atoms with Gasteiger partial charge in [0.25, 0.3) is 0 Å². The molecule has 1 fully saturated rings. The molecule has 1 rings (SSSR count). The maximum Gasteiger partial charge on any atom is 0.308 e. The molecular weight excluding hydrogens is 196 g/mol. The molecule has 0 spiro atoms. The first-order valence-electron chi connectivity index (χ1n) is 5.33. The summed E-state index contributed by atoms with van der Waals surface area (Å²) in [6.07, 6.45) is 1.99. The fraction of sp³-hybridized carbons (Fsp3) is 0.800. The first-order chi connectivity index (χ1) is 7.06. The summed E-state index contributed by atoms with van der Waals surface area (Å²) in [5, 5.41) is 8.86. The van der Waals surface area contributed by atoms with E-state index in [-0.39, 0.29) is 5.91 Å². The lowest BCUT2D eigenvalue weighted by molar-refractivity contribution is -0.146. The normalized spacial score (nSPS) is 23.6. The van der Waals surface area contributed by atoms with Gasteiger partial charge in [0.05, 0.1) is 12.0 Å². The van der Waals surface area contributed by atoms with Crippen molar-refractivity contribution in [3.8, 4) is 0 Å². The van der Waals surface area contributed by atoms with E-state index in [2.05, 4.69) is 0 Å². The van der Waals surface area contributed by atoms with E-state index in [1.165, 1.54) is 0 Å². The van der Waals surface area contributed by atoms with Crippen molar-refractivity contribution in [3.05, 3.63) is 0 Å². The van der Waals surface area contributed by atoms with Crippen LogP contribution in [0.15, 0.2) is 0 Å². The first-order valence-corrected chi connectivity index (χ1v) is 5.33. The molecule has 2 atom stereocenters. The number of rotatable bonds is 3. The van der Waals surface area contributed by atoms with E-state index in [4.69, 9.17) is 10.8 Å². The quantitative estimate of drug-likeness (QED) is 0.695. The average molecular weight is 214 g/mol. The van der Waals surface area contributed by atoms with Crippen molar-refractivity contribution < 1.29 is 14.7 Å². The minimum Gasteiger partial charge on any atom is -0.481 e. The molecule has 1 aliphatic heterocycles. The number of carboxylic acid groups (broad SMARTS) is 1. The fourth-order valence-electron chi connectivity index (χ4n) is 1.79. The van der Waals surface area contributed by atoms with Crippen LogP contribution in [0.25, 0.3) is 0 Å². The summed E-state index contributed by atoms with van der Waals surface area (Å²) in [5.41, 5.74) is 5.63. The number of piperidine rings is 1. The Hall–Kier alpha value is -1.10. The molecular formula is C10H18N2O3. The van der Waals surface area contributed by atoms with Gasteiger partial charge in [-0.2, -0.15) is 0 Å². The highest BCUT2D eigenvalue weighted by Crippen LogP contribution is 2.17. The minimum atomic E-state index is -0.822. The van der Waals surface area contributed by atoms with Gasteiger partial charge in [-0.3, -0.25) is 9.59 Å².